The molecule has 22 heavy (non-hydrogen) atoms. The second-order valence-electron chi connectivity index (χ2n) is 6.89. The zero-order valence-corrected chi connectivity index (χ0v) is 12.2. The molecular weight excluding hydrogens is 281 g/mol. The van der Waals surface area contributed by atoms with Gasteiger partial charge in [-0.3, -0.25) is 5.43 Å². The lowest BCUT2D eigenvalue weighted by atomic mass is 9.64. The van der Waals surface area contributed by atoms with Crippen LogP contribution in [0, 0.1) is 17.8 Å². The molecule has 1 aromatic carbocycles. The second kappa shape index (κ2) is 4.24. The van der Waals surface area contributed by atoms with E-state index in [4.69, 9.17) is 4.42 Å². The fraction of sp³-hybridized carbons (Fsp3) is 0.471. The van der Waals surface area contributed by atoms with Crippen LogP contribution in [0.25, 0.3) is 11.0 Å². The minimum atomic E-state index is -0.548. The summed E-state index contributed by atoms with van der Waals surface area (Å²) in [7, 11) is 0. The Hall–Kier alpha value is -2.04. The lowest BCUT2D eigenvalue weighted by Crippen LogP contribution is -2.62. The maximum absolute atomic E-state index is 13.2. The van der Waals surface area contributed by atoms with E-state index in [2.05, 4.69) is 15.8 Å². The van der Waals surface area contributed by atoms with Crippen LogP contribution in [0.5, 0.6) is 0 Å². The maximum Gasteiger partial charge on any atom is 0.278 e. The van der Waals surface area contributed by atoms with Crippen LogP contribution in [-0.4, -0.2) is 11.5 Å². The Morgan fingerprint density at radius 3 is 2.82 bits per heavy atom. The molecule has 0 amide bonds. The van der Waals surface area contributed by atoms with Crippen molar-refractivity contribution in [2.75, 3.05) is 0 Å². The molecule has 1 aromatic heterocycles. The van der Waals surface area contributed by atoms with E-state index in [0.29, 0.717) is 11.5 Å². The third kappa shape index (κ3) is 1.71. The topological polar surface area (TPSA) is 49.6 Å². The summed E-state index contributed by atoms with van der Waals surface area (Å²) >= 11 is 0. The van der Waals surface area contributed by atoms with Crippen molar-refractivity contribution in [3.8, 4) is 0 Å². The number of hydrogen-bond donors (Lipinski definition) is 2. The van der Waals surface area contributed by atoms with E-state index in [-0.39, 0.29) is 5.66 Å². The zero-order valence-electron chi connectivity index (χ0n) is 12.2. The van der Waals surface area contributed by atoms with Crippen LogP contribution in [0.3, 0.4) is 0 Å². The Bertz CT molecular complexity index is 775. The van der Waals surface area contributed by atoms with E-state index in [1.165, 1.54) is 31.7 Å². The summed E-state index contributed by atoms with van der Waals surface area (Å²) in [5, 5.41) is 8.96. The van der Waals surface area contributed by atoms with Gasteiger partial charge in [-0.1, -0.05) is 0 Å². The van der Waals surface area contributed by atoms with E-state index in [1.807, 2.05) is 12.1 Å². The maximum atomic E-state index is 13.2. The van der Waals surface area contributed by atoms with E-state index in [9.17, 15) is 4.39 Å². The van der Waals surface area contributed by atoms with Crippen LogP contribution in [0.15, 0.2) is 33.8 Å². The van der Waals surface area contributed by atoms with Gasteiger partial charge in [0, 0.05) is 22.9 Å². The minimum absolute atomic E-state index is 0.0624. The highest BCUT2D eigenvalue weighted by Crippen LogP contribution is 2.47. The second-order valence-corrected chi connectivity index (χ2v) is 6.89. The van der Waals surface area contributed by atoms with Crippen molar-refractivity contribution in [2.24, 2.45) is 16.9 Å². The van der Waals surface area contributed by atoms with E-state index in [1.54, 1.807) is 6.07 Å². The molecule has 2 bridgehead atoms. The van der Waals surface area contributed by atoms with Gasteiger partial charge in [0.05, 0.1) is 0 Å². The van der Waals surface area contributed by atoms with Crippen LogP contribution < -0.4 is 10.7 Å². The summed E-state index contributed by atoms with van der Waals surface area (Å²) in [4.78, 5) is 0. The van der Waals surface area contributed by atoms with E-state index in [0.717, 1.165) is 29.1 Å². The van der Waals surface area contributed by atoms with Gasteiger partial charge in [0.1, 0.15) is 11.2 Å². The smallest absolute Gasteiger partial charge is 0.278 e. The first-order valence-corrected chi connectivity index (χ1v) is 8.04. The highest BCUT2D eigenvalue weighted by Gasteiger charge is 2.50. The van der Waals surface area contributed by atoms with Gasteiger partial charge < -0.3 is 9.73 Å². The zero-order chi connectivity index (χ0) is 14.7. The molecule has 6 rings (SSSR count). The molecule has 2 aromatic rings. The molecule has 114 valence electrons. The summed E-state index contributed by atoms with van der Waals surface area (Å²) in [6, 6.07) is 6.53. The van der Waals surface area contributed by atoms with Gasteiger partial charge in [-0.2, -0.15) is 9.49 Å². The third-order valence-electron chi connectivity index (χ3n) is 5.62. The normalized spacial score (nSPS) is 33.0. The molecule has 1 aliphatic heterocycles. The molecule has 4 nitrogen and oxygen atoms in total. The predicted molar refractivity (Wildman–Crippen MR) is 81.8 cm³/mol. The molecule has 2 N–H and O–H groups in total. The number of hydrazone groups is 1. The SMILES string of the molecule is Fc1cc2cc(C3=NN[C@]4(CC5CCC4CC5)N3)ccc2o1. The fourth-order valence-electron chi connectivity index (χ4n) is 4.49. The molecule has 0 saturated heterocycles. The summed E-state index contributed by atoms with van der Waals surface area (Å²) in [5.74, 6) is 2.31. The van der Waals surface area contributed by atoms with Crippen LogP contribution in [0.4, 0.5) is 4.39 Å². The Morgan fingerprint density at radius 2 is 2.05 bits per heavy atom. The van der Waals surface area contributed by atoms with Gasteiger partial charge in [0.2, 0.25) is 0 Å². The number of amidine groups is 1. The average molecular weight is 299 g/mol. The number of fused-ring (bicyclic) bond motifs is 3. The molecule has 3 fully saturated rings. The molecule has 3 saturated carbocycles. The van der Waals surface area contributed by atoms with Crippen molar-refractivity contribution in [1.82, 2.24) is 10.7 Å². The monoisotopic (exact) mass is 299 g/mol. The van der Waals surface area contributed by atoms with E-state index < -0.39 is 6.01 Å². The summed E-state index contributed by atoms with van der Waals surface area (Å²) in [6.07, 6.45) is 6.41. The van der Waals surface area contributed by atoms with Crippen molar-refractivity contribution in [2.45, 2.75) is 37.8 Å². The highest BCUT2D eigenvalue weighted by molar-refractivity contribution is 6.02. The van der Waals surface area contributed by atoms with Crippen LogP contribution >= 0.6 is 0 Å². The molecule has 5 heteroatoms. The van der Waals surface area contributed by atoms with Crippen LogP contribution in [-0.2, 0) is 0 Å². The number of benzene rings is 1. The Morgan fingerprint density at radius 1 is 1.18 bits per heavy atom. The van der Waals surface area contributed by atoms with Crippen molar-refractivity contribution in [3.63, 3.8) is 0 Å². The molecule has 1 spiro atoms. The van der Waals surface area contributed by atoms with Gasteiger partial charge in [-0.05, 0) is 56.2 Å². The number of hydrogen-bond acceptors (Lipinski definition) is 4. The molecule has 2 heterocycles. The molecule has 4 aliphatic rings. The van der Waals surface area contributed by atoms with Crippen molar-refractivity contribution in [3.05, 3.63) is 35.8 Å². The molecule has 0 radical (unpaired) electrons. The molecule has 0 unspecified atom stereocenters. The number of rotatable bonds is 1. The van der Waals surface area contributed by atoms with Crippen LogP contribution in [0.2, 0.25) is 0 Å². The predicted octanol–water partition coefficient (Wildman–Crippen LogP) is 3.33. The van der Waals surface area contributed by atoms with E-state index >= 15 is 0 Å². The third-order valence-corrected chi connectivity index (χ3v) is 5.62. The minimum Gasteiger partial charge on any atom is -0.431 e. The Balaban J connectivity index is 1.46. The first kappa shape index (κ1) is 12.5. The number of nitrogens with one attached hydrogen (secondary N) is 2. The molecule has 1 atom stereocenters. The highest BCUT2D eigenvalue weighted by atomic mass is 19.1. The lowest BCUT2D eigenvalue weighted by molar-refractivity contribution is 0.0394. The number of halogens is 1. The first-order valence-electron chi connectivity index (χ1n) is 8.04. The molecular formula is C17H18FN3O. The van der Waals surface area contributed by atoms with Gasteiger partial charge >= 0.3 is 0 Å². The summed E-state index contributed by atoms with van der Waals surface area (Å²) in [5.41, 5.74) is 4.86. The summed E-state index contributed by atoms with van der Waals surface area (Å²) < 4.78 is 18.2. The molecule has 3 aliphatic carbocycles. The standard InChI is InChI=1S/C17H18FN3O/c18-15-8-12-7-11(3-6-14(12)22-15)16-19-17(21-20-16)9-10-1-4-13(17)5-2-10/h3,6-8,10,13,21H,1-2,4-5,9H2,(H,19,20)/t10?,13?,17-/m0/s1. The van der Waals surface area contributed by atoms with Crippen LogP contribution in [0.1, 0.15) is 37.7 Å². The lowest BCUT2D eigenvalue weighted by Gasteiger charge is -2.49. The Kier molecular flexibility index (Phi) is 2.41. The van der Waals surface area contributed by atoms with Crippen molar-refractivity contribution >= 4 is 16.8 Å². The average Bonchev–Trinajstić information content (AvgIpc) is 3.10. The quantitative estimate of drug-likeness (QED) is 0.849. The first-order chi connectivity index (χ1) is 10.7. The van der Waals surface area contributed by atoms with Gasteiger partial charge in [0.15, 0.2) is 5.84 Å². The van der Waals surface area contributed by atoms with Gasteiger partial charge in [-0.15, -0.1) is 0 Å². The Labute approximate surface area is 127 Å². The summed E-state index contributed by atoms with van der Waals surface area (Å²) in [6.45, 7) is 0. The number of furan rings is 1. The fourth-order valence-corrected chi connectivity index (χ4v) is 4.49. The largest absolute Gasteiger partial charge is 0.431 e. The van der Waals surface area contributed by atoms with Crippen molar-refractivity contribution in [1.29, 1.82) is 0 Å². The van der Waals surface area contributed by atoms with Gasteiger partial charge in [-0.25, -0.2) is 0 Å². The number of nitrogens with zero attached hydrogens (tertiary/aromatic N) is 1. The van der Waals surface area contributed by atoms with Gasteiger partial charge in [0.25, 0.3) is 6.01 Å². The van der Waals surface area contributed by atoms with Crippen molar-refractivity contribution < 1.29 is 8.81 Å².